The van der Waals surface area contributed by atoms with Crippen LogP contribution in [0.25, 0.3) is 0 Å². The van der Waals surface area contributed by atoms with Crippen LogP contribution in [0.5, 0.6) is 0 Å². The van der Waals surface area contributed by atoms with E-state index in [-0.39, 0.29) is 5.91 Å². The van der Waals surface area contributed by atoms with Crippen LogP contribution in [0.4, 0.5) is 17.1 Å². The molecule has 8 heteroatoms. The Morgan fingerprint density at radius 1 is 0.966 bits per heavy atom. The lowest BCUT2D eigenvalue weighted by Crippen LogP contribution is -2.44. The summed E-state index contributed by atoms with van der Waals surface area (Å²) >= 11 is 0. The smallest absolute Gasteiger partial charge is 0.251 e. The van der Waals surface area contributed by atoms with Gasteiger partial charge in [-0.15, -0.1) is 0 Å². The van der Waals surface area contributed by atoms with Crippen molar-refractivity contribution in [2.75, 3.05) is 25.5 Å². The van der Waals surface area contributed by atoms with E-state index in [4.69, 9.17) is 11.5 Å². The second-order valence-electron chi connectivity index (χ2n) is 6.87. The molecule has 2 aromatic carbocycles. The molecule has 154 valence electrons. The lowest BCUT2D eigenvalue weighted by atomic mass is 10.1. The molecule has 29 heavy (non-hydrogen) atoms. The summed E-state index contributed by atoms with van der Waals surface area (Å²) in [7, 11) is 3.94. The number of hydrogen-bond donors (Lipinski definition) is 3. The summed E-state index contributed by atoms with van der Waals surface area (Å²) in [6, 6.07) is 13.6. The lowest BCUT2D eigenvalue weighted by molar-refractivity contribution is -0.120. The molecule has 0 radical (unpaired) electrons. The number of carbonyl (C=O) groups excluding carboxylic acids is 2. The van der Waals surface area contributed by atoms with Gasteiger partial charge in [-0.25, -0.2) is 0 Å². The first-order valence-corrected chi connectivity index (χ1v) is 9.50. The molecule has 0 aliphatic heterocycles. The molecule has 0 aromatic heterocycles. The Bertz CT molecular complexity index is 831. The lowest BCUT2D eigenvalue weighted by Gasteiger charge is -2.15. The van der Waals surface area contributed by atoms with Gasteiger partial charge in [0.2, 0.25) is 5.91 Å². The summed E-state index contributed by atoms with van der Waals surface area (Å²) < 4.78 is 0. The first kappa shape index (κ1) is 22.0. The van der Waals surface area contributed by atoms with Gasteiger partial charge in [-0.3, -0.25) is 9.59 Å². The van der Waals surface area contributed by atoms with Crippen molar-refractivity contribution in [3.8, 4) is 0 Å². The molecule has 0 heterocycles. The van der Waals surface area contributed by atoms with Gasteiger partial charge in [0.1, 0.15) is 6.04 Å². The van der Waals surface area contributed by atoms with E-state index in [0.29, 0.717) is 24.2 Å². The predicted molar refractivity (Wildman–Crippen MR) is 115 cm³/mol. The minimum Gasteiger partial charge on any atom is -0.378 e. The molecule has 0 bridgehead atoms. The zero-order valence-electron chi connectivity index (χ0n) is 16.8. The molecule has 0 aliphatic carbocycles. The van der Waals surface area contributed by atoms with Crippen molar-refractivity contribution in [2.24, 2.45) is 21.7 Å². The Morgan fingerprint density at radius 2 is 1.52 bits per heavy atom. The number of anilines is 1. The number of benzene rings is 2. The van der Waals surface area contributed by atoms with E-state index >= 15 is 0 Å². The highest BCUT2D eigenvalue weighted by Gasteiger charge is 2.18. The summed E-state index contributed by atoms with van der Waals surface area (Å²) in [5.41, 5.74) is 13.7. The monoisotopic (exact) mass is 396 g/mol. The van der Waals surface area contributed by atoms with Gasteiger partial charge in [0.15, 0.2) is 0 Å². The summed E-state index contributed by atoms with van der Waals surface area (Å²) in [5, 5.41) is 11.1. The fourth-order valence-corrected chi connectivity index (χ4v) is 2.63. The van der Waals surface area contributed by atoms with Crippen molar-refractivity contribution in [2.45, 2.75) is 25.3 Å². The topological polar surface area (TPSA) is 126 Å². The van der Waals surface area contributed by atoms with Crippen molar-refractivity contribution in [1.29, 1.82) is 0 Å². The van der Waals surface area contributed by atoms with E-state index in [2.05, 4.69) is 15.5 Å². The van der Waals surface area contributed by atoms with Crippen LogP contribution in [0.3, 0.4) is 0 Å². The van der Waals surface area contributed by atoms with Gasteiger partial charge in [0.25, 0.3) is 5.91 Å². The van der Waals surface area contributed by atoms with Gasteiger partial charge in [0.05, 0.1) is 11.4 Å². The Balaban J connectivity index is 1.97. The van der Waals surface area contributed by atoms with Crippen LogP contribution in [-0.2, 0) is 4.79 Å². The van der Waals surface area contributed by atoms with E-state index in [0.717, 1.165) is 24.2 Å². The molecule has 1 unspecified atom stereocenters. The van der Waals surface area contributed by atoms with Crippen LogP contribution in [0, 0.1) is 0 Å². The number of primary amides is 1. The third-order valence-corrected chi connectivity index (χ3v) is 4.37. The number of unbranched alkanes of at least 4 members (excludes halogenated alkanes) is 1. The number of nitrogens with zero attached hydrogens (tertiary/aromatic N) is 3. The Labute approximate surface area is 171 Å². The third kappa shape index (κ3) is 7.00. The molecular formula is C21H28N6O2. The second kappa shape index (κ2) is 10.9. The SMILES string of the molecule is CN(C)c1ccc(N=Nc2ccc(C(=O)NC(CCCCN)C(N)=O)cc2)cc1. The minimum atomic E-state index is -0.710. The molecule has 0 aliphatic rings. The zero-order valence-corrected chi connectivity index (χ0v) is 16.8. The van der Waals surface area contributed by atoms with E-state index in [9.17, 15) is 9.59 Å². The molecule has 8 nitrogen and oxygen atoms in total. The first-order valence-electron chi connectivity index (χ1n) is 9.50. The van der Waals surface area contributed by atoms with Gasteiger partial charge in [-0.1, -0.05) is 0 Å². The molecule has 2 rings (SSSR count). The second-order valence-corrected chi connectivity index (χ2v) is 6.87. The van der Waals surface area contributed by atoms with Crippen molar-refractivity contribution in [3.63, 3.8) is 0 Å². The van der Waals surface area contributed by atoms with Gasteiger partial charge >= 0.3 is 0 Å². The highest BCUT2D eigenvalue weighted by atomic mass is 16.2. The Kier molecular flexibility index (Phi) is 8.29. The van der Waals surface area contributed by atoms with E-state index in [1.165, 1.54) is 0 Å². The number of nitrogens with one attached hydrogen (secondary N) is 1. The molecule has 5 N–H and O–H groups in total. The summed E-state index contributed by atoms with van der Waals surface area (Å²) in [6.45, 7) is 0.537. The summed E-state index contributed by atoms with van der Waals surface area (Å²) in [6.07, 6.45) is 1.97. The molecular weight excluding hydrogens is 368 g/mol. The molecule has 2 amide bonds. The number of carbonyl (C=O) groups is 2. The maximum Gasteiger partial charge on any atom is 0.251 e. The molecule has 0 saturated carbocycles. The van der Waals surface area contributed by atoms with E-state index < -0.39 is 11.9 Å². The summed E-state index contributed by atoms with van der Waals surface area (Å²) in [5.74, 6) is -0.912. The van der Waals surface area contributed by atoms with Crippen LogP contribution < -0.4 is 21.7 Å². The quantitative estimate of drug-likeness (QED) is 0.421. The van der Waals surface area contributed by atoms with E-state index in [1.54, 1.807) is 24.3 Å². The van der Waals surface area contributed by atoms with Crippen LogP contribution in [0.2, 0.25) is 0 Å². The Hall–Kier alpha value is -3.26. The highest BCUT2D eigenvalue weighted by Crippen LogP contribution is 2.21. The average molecular weight is 396 g/mol. The molecule has 0 fully saturated rings. The normalized spacial score (nSPS) is 12.0. The van der Waals surface area contributed by atoms with Gasteiger partial charge in [-0.05, 0) is 74.3 Å². The van der Waals surface area contributed by atoms with Crippen LogP contribution >= 0.6 is 0 Å². The van der Waals surface area contributed by atoms with Crippen LogP contribution in [0.1, 0.15) is 29.6 Å². The van der Waals surface area contributed by atoms with Crippen molar-refractivity contribution < 1.29 is 9.59 Å². The zero-order chi connectivity index (χ0) is 21.2. The maximum absolute atomic E-state index is 12.4. The standard InChI is InChI=1S/C21H28N6O2/c1-27(2)18-12-10-17(11-13-18)26-25-16-8-6-15(7-9-16)21(29)24-19(20(23)28)5-3-4-14-22/h6-13,19H,3-5,14,22H2,1-2H3,(H2,23,28)(H,24,29). The van der Waals surface area contributed by atoms with Gasteiger partial charge in [0, 0.05) is 25.3 Å². The fraction of sp³-hybridized carbons (Fsp3) is 0.333. The van der Waals surface area contributed by atoms with Crippen molar-refractivity contribution >= 4 is 28.9 Å². The minimum absolute atomic E-state index is 0.357. The van der Waals surface area contributed by atoms with E-state index in [1.807, 2.05) is 43.3 Å². The molecule has 0 spiro atoms. The fourth-order valence-electron chi connectivity index (χ4n) is 2.63. The molecule has 1 atom stereocenters. The number of amides is 2. The van der Waals surface area contributed by atoms with Crippen molar-refractivity contribution in [1.82, 2.24) is 5.32 Å². The van der Waals surface area contributed by atoms with Crippen LogP contribution in [0.15, 0.2) is 58.8 Å². The van der Waals surface area contributed by atoms with Crippen molar-refractivity contribution in [3.05, 3.63) is 54.1 Å². The number of hydrogen-bond acceptors (Lipinski definition) is 6. The predicted octanol–water partition coefficient (Wildman–Crippen LogP) is 2.88. The molecule has 0 saturated heterocycles. The van der Waals surface area contributed by atoms with Crippen LogP contribution in [-0.4, -0.2) is 38.5 Å². The number of rotatable bonds is 10. The number of azo groups is 1. The average Bonchev–Trinajstić information content (AvgIpc) is 2.72. The Morgan fingerprint density at radius 3 is 2.00 bits per heavy atom. The summed E-state index contributed by atoms with van der Waals surface area (Å²) in [4.78, 5) is 25.9. The maximum atomic E-state index is 12.4. The number of nitrogens with two attached hydrogens (primary N) is 2. The highest BCUT2D eigenvalue weighted by molar-refractivity contribution is 5.97. The largest absolute Gasteiger partial charge is 0.378 e. The van der Waals surface area contributed by atoms with Gasteiger partial charge < -0.3 is 21.7 Å². The third-order valence-electron chi connectivity index (χ3n) is 4.37. The first-order chi connectivity index (χ1) is 13.9. The van der Waals surface area contributed by atoms with Gasteiger partial charge in [-0.2, -0.15) is 10.2 Å². The molecule has 2 aromatic rings.